The van der Waals surface area contributed by atoms with Gasteiger partial charge in [0.1, 0.15) is 6.61 Å². The molecule has 0 aliphatic rings. The van der Waals surface area contributed by atoms with Gasteiger partial charge in [0.15, 0.2) is 5.78 Å². The summed E-state index contributed by atoms with van der Waals surface area (Å²) in [5.74, 6) is -0.195. The Hall–Kier alpha value is -1.40. The Morgan fingerprint density at radius 1 is 1.26 bits per heavy atom. The highest BCUT2D eigenvalue weighted by Gasteiger charge is 2.27. The molecule has 1 heterocycles. The Labute approximate surface area is 111 Å². The summed E-state index contributed by atoms with van der Waals surface area (Å²) in [5.41, 5.74) is 0.552. The highest BCUT2D eigenvalue weighted by atomic mass is 32.1. The SMILES string of the molecule is O=C(CCOCC(F)(F)F)c1csc2ccccc12. The van der Waals surface area contributed by atoms with Crippen LogP contribution in [0.1, 0.15) is 16.8 Å². The quantitative estimate of drug-likeness (QED) is 0.613. The van der Waals surface area contributed by atoms with Gasteiger partial charge in [-0.3, -0.25) is 4.79 Å². The number of fused-ring (bicyclic) bond motifs is 1. The summed E-state index contributed by atoms with van der Waals surface area (Å²) < 4.78 is 41.0. The van der Waals surface area contributed by atoms with Gasteiger partial charge in [-0.05, 0) is 6.07 Å². The third-order valence-electron chi connectivity index (χ3n) is 2.52. The molecule has 0 aliphatic carbocycles. The number of hydrogen-bond donors (Lipinski definition) is 0. The normalized spacial score (nSPS) is 11.9. The van der Waals surface area contributed by atoms with Crippen LogP contribution in [0.5, 0.6) is 0 Å². The van der Waals surface area contributed by atoms with Crippen molar-refractivity contribution in [3.8, 4) is 0 Å². The van der Waals surface area contributed by atoms with Crippen molar-refractivity contribution in [3.63, 3.8) is 0 Å². The molecule has 2 rings (SSSR count). The van der Waals surface area contributed by atoms with E-state index < -0.39 is 12.8 Å². The molecule has 0 saturated heterocycles. The van der Waals surface area contributed by atoms with Gasteiger partial charge in [-0.15, -0.1) is 11.3 Å². The smallest absolute Gasteiger partial charge is 0.372 e. The second-order valence-corrected chi connectivity index (χ2v) is 4.90. The number of ether oxygens (including phenoxy) is 1. The fraction of sp³-hybridized carbons (Fsp3) is 0.308. The van der Waals surface area contributed by atoms with Crippen molar-refractivity contribution in [1.29, 1.82) is 0 Å². The van der Waals surface area contributed by atoms with Crippen molar-refractivity contribution in [2.24, 2.45) is 0 Å². The van der Waals surface area contributed by atoms with Crippen LogP contribution in [0.2, 0.25) is 0 Å². The fourth-order valence-corrected chi connectivity index (χ4v) is 2.65. The van der Waals surface area contributed by atoms with Crippen molar-refractivity contribution < 1.29 is 22.7 Å². The number of carbonyl (C=O) groups is 1. The summed E-state index contributed by atoms with van der Waals surface area (Å²) in [6.07, 6.45) is -4.39. The van der Waals surface area contributed by atoms with Gasteiger partial charge in [0.05, 0.1) is 6.61 Å². The molecule has 1 aromatic carbocycles. The first-order valence-electron chi connectivity index (χ1n) is 5.61. The van der Waals surface area contributed by atoms with Gasteiger partial charge in [0.25, 0.3) is 0 Å². The minimum atomic E-state index is -4.35. The molecule has 0 amide bonds. The zero-order chi connectivity index (χ0) is 13.9. The summed E-state index contributed by atoms with van der Waals surface area (Å²) in [7, 11) is 0. The molecule has 0 atom stereocenters. The molecule has 2 aromatic rings. The van der Waals surface area contributed by atoms with E-state index in [0.717, 1.165) is 10.1 Å². The predicted molar refractivity (Wildman–Crippen MR) is 67.6 cm³/mol. The van der Waals surface area contributed by atoms with E-state index in [2.05, 4.69) is 4.74 Å². The number of ketones is 1. The summed E-state index contributed by atoms with van der Waals surface area (Å²) >= 11 is 1.44. The first-order chi connectivity index (χ1) is 8.97. The van der Waals surface area contributed by atoms with E-state index >= 15 is 0 Å². The molecule has 102 valence electrons. The lowest BCUT2D eigenvalue weighted by molar-refractivity contribution is -0.173. The van der Waals surface area contributed by atoms with Crippen LogP contribution in [0.15, 0.2) is 29.6 Å². The molecule has 0 aliphatic heterocycles. The molecule has 0 unspecified atom stereocenters. The number of Topliss-reactive ketones (excluding diaryl/α,β-unsaturated/α-hetero) is 1. The van der Waals surface area contributed by atoms with Crippen molar-refractivity contribution in [3.05, 3.63) is 35.2 Å². The van der Waals surface area contributed by atoms with Gasteiger partial charge in [0, 0.05) is 27.5 Å². The van der Waals surface area contributed by atoms with Crippen LogP contribution in [0.4, 0.5) is 13.2 Å². The first kappa shape index (κ1) is 14.0. The number of benzene rings is 1. The number of carbonyl (C=O) groups excluding carboxylic acids is 1. The van der Waals surface area contributed by atoms with E-state index in [1.54, 1.807) is 5.38 Å². The highest BCUT2D eigenvalue weighted by molar-refractivity contribution is 7.17. The minimum absolute atomic E-state index is 0.0448. The van der Waals surface area contributed by atoms with E-state index in [1.807, 2.05) is 24.3 Å². The van der Waals surface area contributed by atoms with Gasteiger partial charge >= 0.3 is 6.18 Å². The number of alkyl halides is 3. The van der Waals surface area contributed by atoms with Crippen molar-refractivity contribution in [2.75, 3.05) is 13.2 Å². The first-order valence-corrected chi connectivity index (χ1v) is 6.49. The highest BCUT2D eigenvalue weighted by Crippen LogP contribution is 2.26. The van der Waals surface area contributed by atoms with Crippen molar-refractivity contribution in [2.45, 2.75) is 12.6 Å². The Kier molecular flexibility index (Phi) is 4.21. The number of thiophene rings is 1. The maximum atomic E-state index is 11.9. The molecule has 19 heavy (non-hydrogen) atoms. The molecule has 0 N–H and O–H groups in total. The van der Waals surface area contributed by atoms with Crippen LogP contribution in [0, 0.1) is 0 Å². The summed E-state index contributed by atoms with van der Waals surface area (Å²) in [4.78, 5) is 11.9. The standard InChI is InChI=1S/C13H11F3O2S/c14-13(15,16)8-18-6-5-11(17)10-7-19-12-4-2-1-3-9(10)12/h1-4,7H,5-6,8H2. The molecular formula is C13H11F3O2S. The van der Waals surface area contributed by atoms with Gasteiger partial charge in [-0.1, -0.05) is 18.2 Å². The Balaban J connectivity index is 1.93. The monoisotopic (exact) mass is 288 g/mol. The van der Waals surface area contributed by atoms with Crippen molar-refractivity contribution >= 4 is 27.2 Å². The lowest BCUT2D eigenvalue weighted by Crippen LogP contribution is -2.18. The van der Waals surface area contributed by atoms with Gasteiger partial charge in [-0.2, -0.15) is 13.2 Å². The van der Waals surface area contributed by atoms with Crippen LogP contribution < -0.4 is 0 Å². The fourth-order valence-electron chi connectivity index (χ4n) is 1.68. The Bertz CT molecular complexity index is 575. The predicted octanol–water partition coefficient (Wildman–Crippen LogP) is 4.05. The second-order valence-electron chi connectivity index (χ2n) is 3.99. The van der Waals surface area contributed by atoms with Crippen LogP contribution in [-0.2, 0) is 4.74 Å². The van der Waals surface area contributed by atoms with Crippen LogP contribution in [0.3, 0.4) is 0 Å². The van der Waals surface area contributed by atoms with Crippen LogP contribution in [-0.4, -0.2) is 25.2 Å². The lowest BCUT2D eigenvalue weighted by atomic mass is 10.1. The zero-order valence-electron chi connectivity index (χ0n) is 9.87. The van der Waals surface area contributed by atoms with Crippen LogP contribution >= 0.6 is 11.3 Å². The number of rotatable bonds is 5. The zero-order valence-corrected chi connectivity index (χ0v) is 10.7. The van der Waals surface area contributed by atoms with E-state index in [4.69, 9.17) is 0 Å². The molecule has 0 bridgehead atoms. The topological polar surface area (TPSA) is 26.3 Å². The van der Waals surface area contributed by atoms with Crippen LogP contribution in [0.25, 0.3) is 10.1 Å². The molecule has 0 spiro atoms. The lowest BCUT2D eigenvalue weighted by Gasteiger charge is -2.06. The maximum Gasteiger partial charge on any atom is 0.411 e. The summed E-state index contributed by atoms with van der Waals surface area (Å²) in [6, 6.07) is 7.43. The average Bonchev–Trinajstić information content (AvgIpc) is 2.77. The minimum Gasteiger partial charge on any atom is -0.372 e. The van der Waals surface area contributed by atoms with Gasteiger partial charge in [-0.25, -0.2) is 0 Å². The Morgan fingerprint density at radius 2 is 2.00 bits per heavy atom. The third-order valence-corrected chi connectivity index (χ3v) is 3.48. The van der Waals surface area contributed by atoms with E-state index in [1.165, 1.54) is 11.3 Å². The molecular weight excluding hydrogens is 277 g/mol. The van der Waals surface area contributed by atoms with E-state index in [9.17, 15) is 18.0 Å². The number of halogens is 3. The average molecular weight is 288 g/mol. The van der Waals surface area contributed by atoms with Gasteiger partial charge in [0.2, 0.25) is 0 Å². The summed E-state index contributed by atoms with van der Waals surface area (Å²) in [5, 5.41) is 2.57. The molecule has 0 fully saturated rings. The molecule has 2 nitrogen and oxygen atoms in total. The third kappa shape index (κ3) is 3.78. The molecule has 1 aromatic heterocycles. The van der Waals surface area contributed by atoms with Gasteiger partial charge < -0.3 is 4.74 Å². The van der Waals surface area contributed by atoms with E-state index in [-0.39, 0.29) is 18.8 Å². The largest absolute Gasteiger partial charge is 0.411 e. The second kappa shape index (κ2) is 5.71. The molecule has 0 saturated carbocycles. The molecule has 6 heteroatoms. The molecule has 0 radical (unpaired) electrons. The maximum absolute atomic E-state index is 11.9. The van der Waals surface area contributed by atoms with Crippen molar-refractivity contribution in [1.82, 2.24) is 0 Å². The Morgan fingerprint density at radius 3 is 2.74 bits per heavy atom. The number of hydrogen-bond acceptors (Lipinski definition) is 3. The van der Waals surface area contributed by atoms with E-state index in [0.29, 0.717) is 5.56 Å². The summed E-state index contributed by atoms with van der Waals surface area (Å²) in [6.45, 7) is -1.53.